The first-order valence-corrected chi connectivity index (χ1v) is 6.21. The second-order valence-electron chi connectivity index (χ2n) is 4.51. The van der Waals surface area contributed by atoms with Gasteiger partial charge in [-0.1, -0.05) is 0 Å². The van der Waals surface area contributed by atoms with Crippen molar-refractivity contribution < 1.29 is 9.18 Å². The Labute approximate surface area is 112 Å². The number of hydrogen-bond acceptors (Lipinski definition) is 3. The van der Waals surface area contributed by atoms with E-state index >= 15 is 0 Å². The Morgan fingerprint density at radius 1 is 1.53 bits per heavy atom. The number of likely N-dealkylation sites (N-methyl/N-ethyl adjacent to an activating group) is 1. The molecule has 0 radical (unpaired) electrons. The topological polar surface area (TPSA) is 56.1 Å². The third kappa shape index (κ3) is 4.25. The molecule has 4 nitrogen and oxygen atoms in total. The predicted molar refractivity (Wildman–Crippen MR) is 72.3 cm³/mol. The number of hydrogen-bond donors (Lipinski definition) is 1. The van der Waals surface area contributed by atoms with Crippen LogP contribution >= 0.6 is 0 Å². The molecule has 0 heterocycles. The van der Waals surface area contributed by atoms with E-state index in [0.717, 1.165) is 0 Å². The van der Waals surface area contributed by atoms with E-state index in [1.165, 1.54) is 18.2 Å². The number of nitrogens with one attached hydrogen (secondary N) is 1. The summed E-state index contributed by atoms with van der Waals surface area (Å²) < 4.78 is 13.1. The lowest BCUT2D eigenvalue weighted by Gasteiger charge is -2.24. The van der Waals surface area contributed by atoms with Crippen molar-refractivity contribution in [1.82, 2.24) is 5.32 Å². The maximum absolute atomic E-state index is 13.1. The molecular weight excluding hydrogens is 245 g/mol. The van der Waals surface area contributed by atoms with Crippen molar-refractivity contribution in [1.29, 1.82) is 5.26 Å². The van der Waals surface area contributed by atoms with Gasteiger partial charge in [0.1, 0.15) is 11.9 Å². The molecule has 0 bridgehead atoms. The molecule has 1 amide bonds. The first kappa shape index (κ1) is 15.0. The molecular formula is C14H18FN3O. The molecule has 1 rings (SSSR count). The molecule has 0 aliphatic heterocycles. The first-order chi connectivity index (χ1) is 8.97. The SMILES string of the molecule is CCN(CC(=O)NC(C)C)c1ccc(F)cc1C#N. The number of nitriles is 1. The fraction of sp³-hybridized carbons (Fsp3) is 0.429. The molecule has 0 aliphatic rings. The lowest BCUT2D eigenvalue weighted by atomic mass is 10.1. The van der Waals surface area contributed by atoms with Crippen LogP contribution in [0, 0.1) is 17.1 Å². The van der Waals surface area contributed by atoms with Crippen molar-refractivity contribution in [2.24, 2.45) is 0 Å². The smallest absolute Gasteiger partial charge is 0.239 e. The molecule has 0 atom stereocenters. The molecule has 0 saturated carbocycles. The molecule has 0 fully saturated rings. The van der Waals surface area contributed by atoms with Crippen molar-refractivity contribution in [3.8, 4) is 6.07 Å². The molecule has 0 aromatic heterocycles. The van der Waals surface area contributed by atoms with Gasteiger partial charge in [0.15, 0.2) is 0 Å². The van der Waals surface area contributed by atoms with Gasteiger partial charge in [-0.15, -0.1) is 0 Å². The number of nitrogens with zero attached hydrogens (tertiary/aromatic N) is 2. The van der Waals surface area contributed by atoms with Crippen LogP contribution < -0.4 is 10.2 Å². The Morgan fingerprint density at radius 2 is 2.21 bits per heavy atom. The third-order valence-corrected chi connectivity index (χ3v) is 2.59. The Morgan fingerprint density at radius 3 is 2.74 bits per heavy atom. The van der Waals surface area contributed by atoms with E-state index in [4.69, 9.17) is 5.26 Å². The molecule has 19 heavy (non-hydrogen) atoms. The standard InChI is InChI=1S/C14H18FN3O/c1-4-18(9-14(19)17-10(2)3)13-6-5-12(15)7-11(13)8-16/h5-7,10H,4,9H2,1-3H3,(H,17,19). The van der Waals surface area contributed by atoms with Gasteiger partial charge >= 0.3 is 0 Å². The third-order valence-electron chi connectivity index (χ3n) is 2.59. The largest absolute Gasteiger partial charge is 0.361 e. The van der Waals surface area contributed by atoms with Crippen molar-refractivity contribution in [2.75, 3.05) is 18.0 Å². The average Bonchev–Trinajstić information content (AvgIpc) is 2.35. The van der Waals surface area contributed by atoms with Crippen LogP contribution in [-0.2, 0) is 4.79 Å². The Bertz CT molecular complexity index is 494. The Hall–Kier alpha value is -2.09. The summed E-state index contributed by atoms with van der Waals surface area (Å²) in [6, 6.07) is 6.01. The molecule has 5 heteroatoms. The monoisotopic (exact) mass is 263 g/mol. The van der Waals surface area contributed by atoms with Crippen LogP contribution in [0.4, 0.5) is 10.1 Å². The van der Waals surface area contributed by atoms with Crippen LogP contribution in [0.3, 0.4) is 0 Å². The Kier molecular flexibility index (Phi) is 5.31. The van der Waals surface area contributed by atoms with E-state index in [1.54, 1.807) is 4.90 Å². The first-order valence-electron chi connectivity index (χ1n) is 6.21. The fourth-order valence-electron chi connectivity index (χ4n) is 1.78. The predicted octanol–water partition coefficient (Wildman–Crippen LogP) is 2.05. The average molecular weight is 263 g/mol. The summed E-state index contributed by atoms with van der Waals surface area (Å²) in [6.07, 6.45) is 0. The maximum atomic E-state index is 13.1. The van der Waals surface area contributed by atoms with Gasteiger partial charge in [0.2, 0.25) is 5.91 Å². The van der Waals surface area contributed by atoms with Gasteiger partial charge in [0.25, 0.3) is 0 Å². The van der Waals surface area contributed by atoms with Gasteiger partial charge < -0.3 is 10.2 Å². The molecule has 1 aromatic carbocycles. The molecule has 0 saturated heterocycles. The van der Waals surface area contributed by atoms with Crippen molar-refractivity contribution in [2.45, 2.75) is 26.8 Å². The van der Waals surface area contributed by atoms with Gasteiger partial charge in [-0.2, -0.15) is 5.26 Å². The van der Waals surface area contributed by atoms with Crippen molar-refractivity contribution in [3.05, 3.63) is 29.6 Å². The van der Waals surface area contributed by atoms with E-state index < -0.39 is 5.82 Å². The van der Waals surface area contributed by atoms with Gasteiger partial charge in [0, 0.05) is 12.6 Å². The zero-order valence-corrected chi connectivity index (χ0v) is 11.4. The molecule has 1 N–H and O–H groups in total. The van der Waals surface area contributed by atoms with Crippen LogP contribution in [0.25, 0.3) is 0 Å². The van der Waals surface area contributed by atoms with E-state index in [-0.39, 0.29) is 24.1 Å². The summed E-state index contributed by atoms with van der Waals surface area (Å²) in [4.78, 5) is 13.5. The van der Waals surface area contributed by atoms with Gasteiger partial charge in [-0.3, -0.25) is 4.79 Å². The van der Waals surface area contributed by atoms with E-state index in [0.29, 0.717) is 12.2 Å². The van der Waals surface area contributed by atoms with Crippen LogP contribution in [0.15, 0.2) is 18.2 Å². The van der Waals surface area contributed by atoms with E-state index in [2.05, 4.69) is 5.32 Å². The number of carbonyl (C=O) groups is 1. The van der Waals surface area contributed by atoms with Crippen molar-refractivity contribution in [3.63, 3.8) is 0 Å². The fourth-order valence-corrected chi connectivity index (χ4v) is 1.78. The highest BCUT2D eigenvalue weighted by Gasteiger charge is 2.14. The van der Waals surface area contributed by atoms with Crippen LogP contribution in [0.2, 0.25) is 0 Å². The van der Waals surface area contributed by atoms with E-state index in [9.17, 15) is 9.18 Å². The molecule has 1 aromatic rings. The van der Waals surface area contributed by atoms with Crippen molar-refractivity contribution >= 4 is 11.6 Å². The molecule has 102 valence electrons. The summed E-state index contributed by atoms with van der Waals surface area (Å²) >= 11 is 0. The normalized spacial score (nSPS) is 10.1. The number of carbonyl (C=O) groups excluding carboxylic acids is 1. The quantitative estimate of drug-likeness (QED) is 0.884. The number of benzene rings is 1. The summed E-state index contributed by atoms with van der Waals surface area (Å²) in [6.45, 7) is 6.35. The summed E-state index contributed by atoms with van der Waals surface area (Å²) in [7, 11) is 0. The number of halogens is 1. The zero-order chi connectivity index (χ0) is 14.4. The molecule has 0 spiro atoms. The second-order valence-corrected chi connectivity index (χ2v) is 4.51. The van der Waals surface area contributed by atoms with Crippen LogP contribution in [0.5, 0.6) is 0 Å². The minimum atomic E-state index is -0.456. The summed E-state index contributed by atoms with van der Waals surface area (Å²) in [5, 5.41) is 11.8. The molecule has 0 unspecified atom stereocenters. The lowest BCUT2D eigenvalue weighted by molar-refractivity contribution is -0.120. The highest BCUT2D eigenvalue weighted by Crippen LogP contribution is 2.20. The molecule has 0 aliphatic carbocycles. The summed E-state index contributed by atoms with van der Waals surface area (Å²) in [5.41, 5.74) is 0.810. The van der Waals surface area contributed by atoms with Gasteiger partial charge in [-0.05, 0) is 39.0 Å². The van der Waals surface area contributed by atoms with Gasteiger partial charge in [0.05, 0.1) is 17.8 Å². The number of anilines is 1. The summed E-state index contributed by atoms with van der Waals surface area (Å²) in [5.74, 6) is -0.576. The van der Waals surface area contributed by atoms with Gasteiger partial charge in [-0.25, -0.2) is 4.39 Å². The number of rotatable bonds is 5. The second kappa shape index (κ2) is 6.74. The highest BCUT2D eigenvalue weighted by molar-refractivity contribution is 5.82. The minimum absolute atomic E-state index is 0.0647. The van der Waals surface area contributed by atoms with E-state index in [1.807, 2.05) is 26.8 Å². The van der Waals surface area contributed by atoms with Crippen LogP contribution in [0.1, 0.15) is 26.3 Å². The maximum Gasteiger partial charge on any atom is 0.239 e. The lowest BCUT2D eigenvalue weighted by Crippen LogP contribution is -2.40. The van der Waals surface area contributed by atoms with Crippen LogP contribution in [-0.4, -0.2) is 25.0 Å². The Balaban J connectivity index is 2.92. The highest BCUT2D eigenvalue weighted by atomic mass is 19.1. The number of amides is 1. The minimum Gasteiger partial charge on any atom is -0.361 e. The zero-order valence-electron chi connectivity index (χ0n) is 11.4.